The Balaban J connectivity index is 0.00000408. The summed E-state index contributed by atoms with van der Waals surface area (Å²) in [6.45, 7) is 3.31. The number of hydrogen-bond acceptors (Lipinski definition) is 6. The van der Waals surface area contributed by atoms with Crippen LogP contribution in [-0.4, -0.2) is 77.4 Å². The number of hydrogen-bond donors (Lipinski definition) is 0. The topological polar surface area (TPSA) is 60.5 Å². The molecule has 0 fully saturated rings. The Hall–Kier alpha value is -2.64. The Morgan fingerprint density at radius 3 is 2.12 bits per heavy atom. The first-order chi connectivity index (χ1) is 16.0. The van der Waals surface area contributed by atoms with Crippen LogP contribution in [0.15, 0.2) is 30.3 Å². The third-order valence-electron chi connectivity index (χ3n) is 6.30. The lowest BCUT2D eigenvalue weighted by Gasteiger charge is -2.23. The molecule has 0 N–H and O–H groups in total. The number of benzene rings is 2. The van der Waals surface area contributed by atoms with E-state index in [0.717, 1.165) is 73.0 Å². The number of ether oxygens (including phenoxy) is 4. The first kappa shape index (κ1) is 27.6. The number of carbonyl (C=O) groups is 1. The Bertz CT molecular complexity index is 953. The summed E-state index contributed by atoms with van der Waals surface area (Å²) in [5.41, 5.74) is 3.25. The molecule has 1 aliphatic rings. The summed E-state index contributed by atoms with van der Waals surface area (Å²) in [5.74, 6) is 3.24. The molecule has 7 nitrogen and oxygen atoms in total. The molecule has 188 valence electrons. The second kappa shape index (κ2) is 13.3. The molecule has 34 heavy (non-hydrogen) atoms. The maximum atomic E-state index is 12.9. The maximum Gasteiger partial charge on any atom is 0.227 e. The number of methoxy groups -OCH3 is 4. The van der Waals surface area contributed by atoms with E-state index in [-0.39, 0.29) is 18.3 Å². The normalized spacial score (nSPS) is 13.1. The number of fused-ring (bicyclic) bond motifs is 1. The van der Waals surface area contributed by atoms with E-state index in [1.165, 1.54) is 5.56 Å². The predicted octanol–water partition coefficient (Wildman–Crippen LogP) is 3.63. The highest BCUT2D eigenvalue weighted by Crippen LogP contribution is 2.33. The molecule has 0 aliphatic carbocycles. The number of rotatable bonds is 11. The van der Waals surface area contributed by atoms with Gasteiger partial charge in [-0.3, -0.25) is 4.79 Å². The van der Waals surface area contributed by atoms with Crippen LogP contribution >= 0.6 is 12.4 Å². The zero-order chi connectivity index (χ0) is 23.8. The van der Waals surface area contributed by atoms with Gasteiger partial charge >= 0.3 is 0 Å². The van der Waals surface area contributed by atoms with Crippen molar-refractivity contribution in [2.75, 3.05) is 61.7 Å². The summed E-state index contributed by atoms with van der Waals surface area (Å²) < 4.78 is 21.7. The lowest BCUT2D eigenvalue weighted by Crippen LogP contribution is -2.35. The van der Waals surface area contributed by atoms with Crippen LogP contribution in [0.2, 0.25) is 0 Å². The van der Waals surface area contributed by atoms with Crippen LogP contribution in [0.25, 0.3) is 0 Å². The van der Waals surface area contributed by atoms with Gasteiger partial charge in [-0.25, -0.2) is 0 Å². The number of halogens is 1. The van der Waals surface area contributed by atoms with Crippen molar-refractivity contribution in [3.63, 3.8) is 0 Å². The molecule has 0 bridgehead atoms. The van der Waals surface area contributed by atoms with E-state index in [0.29, 0.717) is 13.0 Å². The van der Waals surface area contributed by atoms with Gasteiger partial charge in [0.05, 0.1) is 34.9 Å². The second-order valence-electron chi connectivity index (χ2n) is 8.33. The van der Waals surface area contributed by atoms with Crippen LogP contribution in [0.5, 0.6) is 23.0 Å². The van der Waals surface area contributed by atoms with Gasteiger partial charge in [-0.1, -0.05) is 6.07 Å². The van der Waals surface area contributed by atoms with Crippen molar-refractivity contribution in [3.8, 4) is 23.0 Å². The van der Waals surface area contributed by atoms with Crippen LogP contribution in [-0.2, 0) is 24.1 Å². The lowest BCUT2D eigenvalue weighted by molar-refractivity contribution is -0.130. The third-order valence-corrected chi connectivity index (χ3v) is 6.30. The van der Waals surface area contributed by atoms with Crippen molar-refractivity contribution in [3.05, 3.63) is 47.0 Å². The van der Waals surface area contributed by atoms with Gasteiger partial charge in [0.1, 0.15) is 11.5 Å². The number of nitrogens with zero attached hydrogens (tertiary/aromatic N) is 2. The van der Waals surface area contributed by atoms with E-state index in [1.54, 1.807) is 28.4 Å². The first-order valence-corrected chi connectivity index (χ1v) is 11.4. The van der Waals surface area contributed by atoms with Crippen molar-refractivity contribution < 1.29 is 23.7 Å². The minimum atomic E-state index is 0. The molecule has 2 aromatic rings. The molecule has 0 atom stereocenters. The Labute approximate surface area is 209 Å². The van der Waals surface area contributed by atoms with Crippen molar-refractivity contribution in [1.82, 2.24) is 9.80 Å². The van der Waals surface area contributed by atoms with Gasteiger partial charge < -0.3 is 28.7 Å². The molecule has 1 aliphatic heterocycles. The largest absolute Gasteiger partial charge is 0.496 e. The zero-order valence-corrected chi connectivity index (χ0v) is 21.7. The molecular formula is C26H37ClN2O5. The van der Waals surface area contributed by atoms with Crippen molar-refractivity contribution in [1.29, 1.82) is 0 Å². The molecule has 1 heterocycles. The highest BCUT2D eigenvalue weighted by Gasteiger charge is 2.25. The molecule has 2 aromatic carbocycles. The van der Waals surface area contributed by atoms with E-state index in [9.17, 15) is 4.79 Å². The van der Waals surface area contributed by atoms with Gasteiger partial charge in [0, 0.05) is 30.8 Å². The molecular weight excluding hydrogens is 456 g/mol. The maximum absolute atomic E-state index is 12.9. The highest BCUT2D eigenvalue weighted by atomic mass is 35.5. The molecule has 0 saturated carbocycles. The van der Waals surface area contributed by atoms with Gasteiger partial charge in [0.15, 0.2) is 11.5 Å². The highest BCUT2D eigenvalue weighted by molar-refractivity contribution is 5.85. The average molecular weight is 493 g/mol. The van der Waals surface area contributed by atoms with Crippen LogP contribution in [0.4, 0.5) is 0 Å². The Morgan fingerprint density at radius 2 is 1.47 bits per heavy atom. The Kier molecular flexibility index (Phi) is 10.8. The van der Waals surface area contributed by atoms with E-state index in [4.69, 9.17) is 18.9 Å². The van der Waals surface area contributed by atoms with E-state index >= 15 is 0 Å². The summed E-state index contributed by atoms with van der Waals surface area (Å²) in [6, 6.07) is 9.86. The zero-order valence-electron chi connectivity index (χ0n) is 20.9. The number of amides is 1. The monoisotopic (exact) mass is 492 g/mol. The van der Waals surface area contributed by atoms with Crippen LogP contribution in [0.1, 0.15) is 23.1 Å². The molecule has 1 amide bonds. The van der Waals surface area contributed by atoms with Crippen LogP contribution in [0, 0.1) is 0 Å². The second-order valence-corrected chi connectivity index (χ2v) is 8.33. The SMILES string of the molecule is COc1ccc(CCN(C)CCCN2CCc3c(OC)ccc(OC)c3CC2=O)cc1OC.Cl. The summed E-state index contributed by atoms with van der Waals surface area (Å²) in [7, 11) is 8.74. The predicted molar refractivity (Wildman–Crippen MR) is 136 cm³/mol. The molecule has 3 rings (SSSR count). The fourth-order valence-corrected chi connectivity index (χ4v) is 4.37. The van der Waals surface area contributed by atoms with Gasteiger partial charge in [0.25, 0.3) is 0 Å². The fraction of sp³-hybridized carbons (Fsp3) is 0.500. The van der Waals surface area contributed by atoms with Crippen molar-refractivity contribution in [2.24, 2.45) is 0 Å². The molecule has 0 unspecified atom stereocenters. The third kappa shape index (κ3) is 6.70. The van der Waals surface area contributed by atoms with E-state index in [1.807, 2.05) is 29.2 Å². The minimum absolute atomic E-state index is 0. The van der Waals surface area contributed by atoms with Gasteiger partial charge in [-0.2, -0.15) is 0 Å². The van der Waals surface area contributed by atoms with E-state index in [2.05, 4.69) is 18.0 Å². The fourth-order valence-electron chi connectivity index (χ4n) is 4.37. The molecule has 0 saturated heterocycles. The first-order valence-electron chi connectivity index (χ1n) is 11.4. The molecule has 0 spiro atoms. The van der Waals surface area contributed by atoms with Crippen LogP contribution in [0.3, 0.4) is 0 Å². The van der Waals surface area contributed by atoms with Crippen molar-refractivity contribution in [2.45, 2.75) is 25.7 Å². The summed E-state index contributed by atoms with van der Waals surface area (Å²) in [6.07, 6.45) is 2.98. The number of likely N-dealkylation sites (N-methyl/N-ethyl adjacent to an activating group) is 1. The quantitative estimate of drug-likeness (QED) is 0.477. The average Bonchev–Trinajstić information content (AvgIpc) is 3.00. The Morgan fingerprint density at radius 1 is 0.853 bits per heavy atom. The summed E-state index contributed by atoms with van der Waals surface area (Å²) in [5, 5.41) is 0. The van der Waals surface area contributed by atoms with Gasteiger partial charge in [-0.15, -0.1) is 12.4 Å². The smallest absolute Gasteiger partial charge is 0.227 e. The van der Waals surface area contributed by atoms with Gasteiger partial charge in [-0.05, 0) is 62.7 Å². The summed E-state index contributed by atoms with van der Waals surface area (Å²) in [4.78, 5) is 17.2. The molecule has 0 aromatic heterocycles. The lowest BCUT2D eigenvalue weighted by atomic mass is 10.0. The standard InChI is InChI=1S/C26H36N2O5.ClH/c1-27(15-11-19-7-8-24(32-4)25(17-19)33-5)13-6-14-28-16-12-20-21(18-26(28)29)23(31-3)10-9-22(20)30-2;/h7-10,17H,6,11-16,18H2,1-5H3;1H. The minimum Gasteiger partial charge on any atom is -0.496 e. The van der Waals surface area contributed by atoms with Crippen molar-refractivity contribution >= 4 is 18.3 Å². The van der Waals surface area contributed by atoms with Crippen LogP contribution < -0.4 is 18.9 Å². The molecule has 0 radical (unpaired) electrons. The number of carbonyl (C=O) groups excluding carboxylic acids is 1. The van der Waals surface area contributed by atoms with E-state index < -0.39 is 0 Å². The molecule has 8 heteroatoms. The van der Waals surface area contributed by atoms with Gasteiger partial charge in [0.2, 0.25) is 5.91 Å². The summed E-state index contributed by atoms with van der Waals surface area (Å²) >= 11 is 0.